The minimum Gasteiger partial charge on any atom is -0.368 e. The number of nitrogens with one attached hydrogen (secondary N) is 2. The van der Waals surface area contributed by atoms with E-state index in [1.54, 1.807) is 30.5 Å². The van der Waals surface area contributed by atoms with E-state index in [1.165, 1.54) is 24.1 Å². The van der Waals surface area contributed by atoms with Gasteiger partial charge in [0.1, 0.15) is 12.1 Å². The van der Waals surface area contributed by atoms with Crippen LogP contribution in [0.25, 0.3) is 10.9 Å². The van der Waals surface area contributed by atoms with Crippen LogP contribution in [0.2, 0.25) is 0 Å². The number of primary amides is 1. The van der Waals surface area contributed by atoms with E-state index >= 15 is 0 Å². The number of aromatic amines is 1. The topological polar surface area (TPSA) is 151 Å². The van der Waals surface area contributed by atoms with Crippen LogP contribution in [0, 0.1) is 24.0 Å². The van der Waals surface area contributed by atoms with Gasteiger partial charge in [-0.3, -0.25) is 24.5 Å². The Labute approximate surface area is 231 Å². The second-order valence-corrected chi connectivity index (χ2v) is 9.96. The van der Waals surface area contributed by atoms with E-state index in [9.17, 15) is 24.5 Å². The summed E-state index contributed by atoms with van der Waals surface area (Å²) in [5.74, 6) is -1.65. The first kappa shape index (κ1) is 28.0. The number of H-pyrrole nitrogens is 1. The van der Waals surface area contributed by atoms with Gasteiger partial charge in [-0.25, -0.2) is 0 Å². The molecule has 3 aromatic carbocycles. The van der Waals surface area contributed by atoms with Gasteiger partial charge in [0.25, 0.3) is 11.6 Å². The van der Waals surface area contributed by atoms with Crippen molar-refractivity contribution in [3.8, 4) is 0 Å². The van der Waals surface area contributed by atoms with Crippen LogP contribution in [0.15, 0.2) is 72.9 Å². The van der Waals surface area contributed by atoms with Crippen LogP contribution >= 0.6 is 0 Å². The number of aryl methyl sites for hydroxylation is 2. The molecule has 0 aliphatic carbocycles. The van der Waals surface area contributed by atoms with Crippen molar-refractivity contribution in [2.24, 2.45) is 5.73 Å². The summed E-state index contributed by atoms with van der Waals surface area (Å²) in [6.45, 7) is 3.76. The van der Waals surface area contributed by atoms with Crippen molar-refractivity contribution in [1.29, 1.82) is 0 Å². The van der Waals surface area contributed by atoms with Crippen LogP contribution in [0.1, 0.15) is 32.6 Å². The Morgan fingerprint density at radius 1 is 1.00 bits per heavy atom. The molecule has 1 heterocycles. The lowest BCUT2D eigenvalue weighted by Crippen LogP contribution is -2.54. The molecule has 0 spiro atoms. The van der Waals surface area contributed by atoms with Gasteiger partial charge in [-0.2, -0.15) is 0 Å². The fourth-order valence-electron chi connectivity index (χ4n) is 4.84. The molecule has 0 bridgehead atoms. The van der Waals surface area contributed by atoms with Crippen molar-refractivity contribution in [3.63, 3.8) is 0 Å². The zero-order valence-corrected chi connectivity index (χ0v) is 22.5. The summed E-state index contributed by atoms with van der Waals surface area (Å²) in [6, 6.07) is 16.8. The number of nitro benzene ring substituents is 1. The monoisotopic (exact) mass is 541 g/mol. The van der Waals surface area contributed by atoms with Crippen LogP contribution in [-0.2, 0) is 22.4 Å². The smallest absolute Gasteiger partial charge is 0.269 e. The molecule has 0 radical (unpaired) electrons. The van der Waals surface area contributed by atoms with E-state index in [4.69, 9.17) is 5.73 Å². The highest BCUT2D eigenvalue weighted by Gasteiger charge is 2.31. The number of para-hydroxylation sites is 1. The molecule has 206 valence electrons. The number of nitro groups is 1. The second-order valence-electron chi connectivity index (χ2n) is 9.96. The van der Waals surface area contributed by atoms with E-state index in [1.807, 2.05) is 44.2 Å². The van der Waals surface area contributed by atoms with E-state index < -0.39 is 28.8 Å². The maximum absolute atomic E-state index is 13.7. The highest BCUT2D eigenvalue weighted by Crippen LogP contribution is 2.21. The van der Waals surface area contributed by atoms with Crippen molar-refractivity contribution in [3.05, 3.63) is 111 Å². The standard InChI is InChI=1S/C30H31N5O5/c1-18-12-19(2)14-21(13-18)30(38)34(3)27(15-20-8-10-23(11-9-20)35(39)40)29(37)33-26(28(31)36)16-22-17-32-25-7-5-4-6-24(22)25/h4-14,17,26-27,32H,15-16H2,1-3H3,(H2,31,36)(H,33,37)/t26-,27+/m0/s1. The number of likely N-dealkylation sites (N-methyl/N-ethyl adjacent to an activating group) is 1. The number of fused-ring (bicyclic) bond motifs is 1. The Morgan fingerprint density at radius 3 is 2.27 bits per heavy atom. The largest absolute Gasteiger partial charge is 0.368 e. The Kier molecular flexibility index (Phi) is 8.28. The van der Waals surface area contributed by atoms with Gasteiger partial charge < -0.3 is 20.9 Å². The van der Waals surface area contributed by atoms with Gasteiger partial charge in [-0.15, -0.1) is 0 Å². The molecule has 40 heavy (non-hydrogen) atoms. The number of carbonyl (C=O) groups is 3. The van der Waals surface area contributed by atoms with E-state index in [-0.39, 0.29) is 24.4 Å². The van der Waals surface area contributed by atoms with Crippen LogP contribution < -0.4 is 11.1 Å². The van der Waals surface area contributed by atoms with E-state index in [0.717, 1.165) is 27.6 Å². The number of non-ortho nitro benzene ring substituents is 1. The lowest BCUT2D eigenvalue weighted by atomic mass is 10.00. The van der Waals surface area contributed by atoms with Gasteiger partial charge in [-0.1, -0.05) is 47.5 Å². The molecule has 3 amide bonds. The summed E-state index contributed by atoms with van der Waals surface area (Å²) in [4.78, 5) is 54.7. The van der Waals surface area contributed by atoms with Crippen molar-refractivity contribution in [2.75, 3.05) is 7.05 Å². The number of aromatic nitrogens is 1. The van der Waals surface area contributed by atoms with E-state index in [2.05, 4.69) is 10.3 Å². The SMILES string of the molecule is Cc1cc(C)cc(C(=O)N(C)[C@H](Cc2ccc([N+](=O)[O-])cc2)C(=O)N[C@@H](Cc2c[nH]c3ccccc23)C(N)=O)c1. The van der Waals surface area contributed by atoms with E-state index in [0.29, 0.717) is 11.1 Å². The Bertz CT molecular complexity index is 1560. The first-order chi connectivity index (χ1) is 19.0. The second kappa shape index (κ2) is 11.8. The van der Waals surface area contributed by atoms with Crippen LogP contribution in [0.4, 0.5) is 5.69 Å². The fourth-order valence-corrected chi connectivity index (χ4v) is 4.84. The number of rotatable bonds is 10. The average Bonchev–Trinajstić information content (AvgIpc) is 3.32. The molecule has 10 nitrogen and oxygen atoms in total. The van der Waals surface area contributed by atoms with Gasteiger partial charge in [0.2, 0.25) is 11.8 Å². The minimum absolute atomic E-state index is 0.0649. The van der Waals surface area contributed by atoms with Gasteiger partial charge in [0, 0.05) is 54.7 Å². The molecule has 4 aromatic rings. The maximum Gasteiger partial charge on any atom is 0.269 e. The molecule has 0 aliphatic rings. The third-order valence-corrected chi connectivity index (χ3v) is 6.89. The van der Waals surface area contributed by atoms with Crippen molar-refractivity contribution in [2.45, 2.75) is 38.8 Å². The highest BCUT2D eigenvalue weighted by molar-refractivity contribution is 5.98. The summed E-state index contributed by atoms with van der Waals surface area (Å²) in [5.41, 5.74) is 10.2. The Hall–Kier alpha value is -4.99. The zero-order chi connectivity index (χ0) is 29.0. The summed E-state index contributed by atoms with van der Waals surface area (Å²) in [6.07, 6.45) is 2.00. The maximum atomic E-state index is 13.7. The van der Waals surface area contributed by atoms with Crippen LogP contribution in [0.3, 0.4) is 0 Å². The first-order valence-corrected chi connectivity index (χ1v) is 12.8. The number of amides is 3. The molecular formula is C30H31N5O5. The third kappa shape index (κ3) is 6.35. The van der Waals surface area contributed by atoms with Crippen LogP contribution in [0.5, 0.6) is 0 Å². The van der Waals surface area contributed by atoms with Gasteiger partial charge in [0.05, 0.1) is 4.92 Å². The van der Waals surface area contributed by atoms with Crippen molar-refractivity contribution >= 4 is 34.3 Å². The normalized spacial score (nSPS) is 12.5. The molecule has 10 heteroatoms. The molecule has 0 aliphatic heterocycles. The molecule has 2 atom stereocenters. The number of carbonyl (C=O) groups excluding carboxylic acids is 3. The summed E-state index contributed by atoms with van der Waals surface area (Å²) >= 11 is 0. The lowest BCUT2D eigenvalue weighted by molar-refractivity contribution is -0.384. The predicted octanol–water partition coefficient (Wildman–Crippen LogP) is 3.59. The van der Waals surface area contributed by atoms with Crippen molar-refractivity contribution in [1.82, 2.24) is 15.2 Å². The molecule has 0 saturated heterocycles. The molecule has 1 aromatic heterocycles. The minimum atomic E-state index is -1.03. The lowest BCUT2D eigenvalue weighted by Gasteiger charge is -2.29. The van der Waals surface area contributed by atoms with Crippen molar-refractivity contribution < 1.29 is 19.3 Å². The zero-order valence-electron chi connectivity index (χ0n) is 22.5. The van der Waals surface area contributed by atoms with Crippen LogP contribution in [-0.4, -0.2) is 51.7 Å². The molecule has 0 unspecified atom stereocenters. The fraction of sp³-hybridized carbons (Fsp3) is 0.233. The Balaban J connectivity index is 1.62. The summed E-state index contributed by atoms with van der Waals surface area (Å²) in [7, 11) is 1.52. The van der Waals surface area contributed by atoms with Gasteiger partial charge in [0.15, 0.2) is 0 Å². The summed E-state index contributed by atoms with van der Waals surface area (Å²) in [5, 5.41) is 14.8. The first-order valence-electron chi connectivity index (χ1n) is 12.8. The average molecular weight is 542 g/mol. The molecular weight excluding hydrogens is 510 g/mol. The number of hydrogen-bond acceptors (Lipinski definition) is 5. The number of hydrogen-bond donors (Lipinski definition) is 3. The highest BCUT2D eigenvalue weighted by atomic mass is 16.6. The summed E-state index contributed by atoms with van der Waals surface area (Å²) < 4.78 is 0. The van der Waals surface area contributed by atoms with Gasteiger partial charge in [-0.05, 0) is 43.2 Å². The van der Waals surface area contributed by atoms with Gasteiger partial charge >= 0.3 is 0 Å². The molecule has 0 fully saturated rings. The number of nitrogens with zero attached hydrogens (tertiary/aromatic N) is 2. The molecule has 4 rings (SSSR count). The predicted molar refractivity (Wildman–Crippen MR) is 152 cm³/mol. The molecule has 4 N–H and O–H groups in total. The quantitative estimate of drug-likeness (QED) is 0.207. The third-order valence-electron chi connectivity index (χ3n) is 6.89. The number of nitrogens with two attached hydrogens (primary N) is 1. The number of benzene rings is 3. The molecule has 0 saturated carbocycles. The Morgan fingerprint density at radius 2 is 1.65 bits per heavy atom.